The number of carbonyl (C=O) groups excluding carboxylic acids is 1. The van der Waals surface area contributed by atoms with Crippen LogP contribution in [0, 0.1) is 19.8 Å². The lowest BCUT2D eigenvalue weighted by Gasteiger charge is -2.33. The third-order valence-electron chi connectivity index (χ3n) is 7.94. The number of aliphatic hydroxyl groups is 1. The molecule has 7 nitrogen and oxygen atoms in total. The van der Waals surface area contributed by atoms with Crippen molar-refractivity contribution >= 4 is 35.4 Å². The molecule has 1 amide bonds. The Balaban J connectivity index is 1.32. The Bertz CT molecular complexity index is 1560. The zero-order chi connectivity index (χ0) is 31.2. The van der Waals surface area contributed by atoms with E-state index in [2.05, 4.69) is 66.6 Å². The van der Waals surface area contributed by atoms with E-state index in [1.54, 1.807) is 6.07 Å². The molecule has 0 radical (unpaired) electrons. The van der Waals surface area contributed by atoms with E-state index >= 15 is 0 Å². The molecule has 5 rings (SSSR count). The maximum Gasteiger partial charge on any atom is 0.254 e. The Morgan fingerprint density at radius 3 is 2.45 bits per heavy atom. The zero-order valence-electron chi connectivity index (χ0n) is 25.7. The molecule has 9 heteroatoms. The van der Waals surface area contributed by atoms with Crippen molar-refractivity contribution in [1.82, 2.24) is 19.8 Å². The smallest absolute Gasteiger partial charge is 0.254 e. The lowest BCUT2D eigenvalue weighted by molar-refractivity contribution is 0.0342. The largest absolute Gasteiger partial charge is 0.390 e. The molecule has 4 aromatic rings. The molecule has 1 saturated heterocycles. The number of amides is 1. The minimum atomic E-state index is -0.641. The second-order valence-electron chi connectivity index (χ2n) is 11.9. The molecule has 2 N–H and O–H groups in total. The molecule has 0 bridgehead atoms. The number of rotatable bonds is 9. The van der Waals surface area contributed by atoms with E-state index in [0.717, 1.165) is 40.2 Å². The van der Waals surface area contributed by atoms with Crippen molar-refractivity contribution in [3.8, 4) is 11.3 Å². The van der Waals surface area contributed by atoms with Crippen LogP contribution < -0.4 is 4.72 Å². The number of hydrogen-bond donors (Lipinski definition) is 2. The zero-order valence-corrected chi connectivity index (χ0v) is 27.3. The fourth-order valence-electron chi connectivity index (χ4n) is 5.88. The molecule has 2 heterocycles. The van der Waals surface area contributed by atoms with E-state index in [9.17, 15) is 9.90 Å². The van der Waals surface area contributed by atoms with Gasteiger partial charge in [0.2, 0.25) is 5.95 Å². The molecule has 0 saturated carbocycles. The van der Waals surface area contributed by atoms with Gasteiger partial charge in [-0.25, -0.2) is 9.97 Å². The van der Waals surface area contributed by atoms with Crippen LogP contribution in [0.4, 0.5) is 5.95 Å². The molecule has 1 aliphatic rings. The van der Waals surface area contributed by atoms with Gasteiger partial charge in [-0.3, -0.25) is 14.4 Å². The number of benzene rings is 3. The number of nitrogens with zero attached hydrogens (tertiary/aromatic N) is 4. The van der Waals surface area contributed by atoms with E-state index in [-0.39, 0.29) is 11.9 Å². The first-order chi connectivity index (χ1) is 21.2. The predicted molar refractivity (Wildman–Crippen MR) is 180 cm³/mol. The molecular formula is C35H40ClN5O2S. The fourth-order valence-corrected chi connectivity index (χ4v) is 6.69. The maximum absolute atomic E-state index is 14.0. The van der Waals surface area contributed by atoms with Gasteiger partial charge in [0.1, 0.15) is 5.15 Å². The number of anilines is 1. The van der Waals surface area contributed by atoms with Gasteiger partial charge in [0.15, 0.2) is 0 Å². The van der Waals surface area contributed by atoms with Gasteiger partial charge in [0, 0.05) is 48.3 Å². The Hall–Kier alpha value is -3.43. The van der Waals surface area contributed by atoms with Gasteiger partial charge < -0.3 is 10.0 Å². The molecule has 1 fully saturated rings. The number of aromatic nitrogens is 2. The van der Waals surface area contributed by atoms with E-state index in [4.69, 9.17) is 16.6 Å². The minimum Gasteiger partial charge on any atom is -0.390 e. The van der Waals surface area contributed by atoms with E-state index in [0.29, 0.717) is 42.2 Å². The van der Waals surface area contributed by atoms with E-state index in [1.807, 2.05) is 53.4 Å². The summed E-state index contributed by atoms with van der Waals surface area (Å²) in [6.45, 7) is 10.9. The third kappa shape index (κ3) is 7.99. The van der Waals surface area contributed by atoms with Gasteiger partial charge in [0.05, 0.1) is 17.8 Å². The minimum absolute atomic E-state index is 0.0740. The number of aryl methyl sites for hydroxylation is 2. The normalized spacial score (nSPS) is 17.5. The third-order valence-corrected chi connectivity index (χ3v) is 8.91. The second kappa shape index (κ2) is 14.6. The van der Waals surface area contributed by atoms with Crippen molar-refractivity contribution in [1.29, 1.82) is 0 Å². The number of halogens is 1. The van der Waals surface area contributed by atoms with Crippen LogP contribution in [0.15, 0.2) is 83.8 Å². The summed E-state index contributed by atoms with van der Waals surface area (Å²) in [7, 11) is 0. The molecule has 1 aliphatic heterocycles. The first-order valence-corrected chi connectivity index (χ1v) is 16.3. The highest BCUT2D eigenvalue weighted by Crippen LogP contribution is 2.30. The SMILES string of the molecule is Cc1cccc(C)c1-c1cc(Cl)nc(NSc2cccc(C(=O)N3CCN(Cc4ccccc4)CC(O)C3CC(C)C)c2)n1. The molecule has 230 valence electrons. The monoisotopic (exact) mass is 629 g/mol. The van der Waals surface area contributed by atoms with Crippen LogP contribution >= 0.6 is 23.5 Å². The summed E-state index contributed by atoms with van der Waals surface area (Å²) in [5.74, 6) is 0.654. The first kappa shape index (κ1) is 32.0. The Morgan fingerprint density at radius 2 is 1.73 bits per heavy atom. The summed E-state index contributed by atoms with van der Waals surface area (Å²) >= 11 is 7.72. The predicted octanol–water partition coefficient (Wildman–Crippen LogP) is 7.27. The van der Waals surface area contributed by atoms with Crippen LogP contribution in [0.1, 0.15) is 47.3 Å². The summed E-state index contributed by atoms with van der Waals surface area (Å²) in [4.78, 5) is 28.1. The maximum atomic E-state index is 14.0. The van der Waals surface area contributed by atoms with Crippen molar-refractivity contribution in [2.24, 2.45) is 5.92 Å². The molecule has 3 aromatic carbocycles. The van der Waals surface area contributed by atoms with Crippen molar-refractivity contribution in [2.75, 3.05) is 24.4 Å². The summed E-state index contributed by atoms with van der Waals surface area (Å²) in [6.07, 6.45) is 0.0921. The van der Waals surface area contributed by atoms with Gasteiger partial charge in [-0.05, 0) is 73.0 Å². The lowest BCUT2D eigenvalue weighted by Crippen LogP contribution is -2.48. The highest BCUT2D eigenvalue weighted by atomic mass is 35.5. The van der Waals surface area contributed by atoms with Crippen molar-refractivity contribution in [3.63, 3.8) is 0 Å². The van der Waals surface area contributed by atoms with Gasteiger partial charge in [0.25, 0.3) is 5.91 Å². The van der Waals surface area contributed by atoms with Crippen LogP contribution in [0.5, 0.6) is 0 Å². The molecule has 0 aliphatic carbocycles. The first-order valence-electron chi connectivity index (χ1n) is 15.1. The summed E-state index contributed by atoms with van der Waals surface area (Å²) < 4.78 is 3.22. The Morgan fingerprint density at radius 1 is 1.00 bits per heavy atom. The van der Waals surface area contributed by atoms with Crippen LogP contribution in [-0.4, -0.2) is 62.6 Å². The molecule has 1 aromatic heterocycles. The highest BCUT2D eigenvalue weighted by molar-refractivity contribution is 8.00. The van der Waals surface area contributed by atoms with Gasteiger partial charge in [-0.15, -0.1) is 0 Å². The van der Waals surface area contributed by atoms with Crippen LogP contribution in [-0.2, 0) is 6.54 Å². The van der Waals surface area contributed by atoms with E-state index in [1.165, 1.54) is 17.5 Å². The van der Waals surface area contributed by atoms with Crippen LogP contribution in [0.3, 0.4) is 0 Å². The Labute approximate surface area is 269 Å². The summed E-state index contributed by atoms with van der Waals surface area (Å²) in [5, 5.41) is 11.7. The number of hydrogen-bond acceptors (Lipinski definition) is 7. The molecule has 2 atom stereocenters. The van der Waals surface area contributed by atoms with Crippen molar-refractivity contribution in [2.45, 2.75) is 57.7 Å². The van der Waals surface area contributed by atoms with Crippen molar-refractivity contribution in [3.05, 3.63) is 106 Å². The van der Waals surface area contributed by atoms with Crippen molar-refractivity contribution < 1.29 is 9.90 Å². The second-order valence-corrected chi connectivity index (χ2v) is 13.1. The number of β-amino-alcohol motifs (C(OH)–C–C–N with tert-alkyl or cyclic N) is 1. The molecule has 0 spiro atoms. The average molecular weight is 630 g/mol. The topological polar surface area (TPSA) is 81.6 Å². The number of carbonyl (C=O) groups is 1. The number of aliphatic hydroxyl groups excluding tert-OH is 1. The quantitative estimate of drug-likeness (QED) is 0.149. The van der Waals surface area contributed by atoms with Gasteiger partial charge in [-0.1, -0.05) is 80.0 Å². The van der Waals surface area contributed by atoms with Crippen LogP contribution in [0.2, 0.25) is 5.15 Å². The van der Waals surface area contributed by atoms with Gasteiger partial charge >= 0.3 is 0 Å². The van der Waals surface area contributed by atoms with E-state index < -0.39 is 6.10 Å². The number of nitrogens with one attached hydrogen (secondary N) is 1. The summed E-state index contributed by atoms with van der Waals surface area (Å²) in [5.41, 5.74) is 5.80. The standard InChI is InChI=1S/C35H40ClN5O2S/c1-23(2)18-30-31(42)22-40(21-26-12-6-5-7-13-26)16-17-41(30)34(43)27-14-9-15-28(19-27)44-39-35-37-29(20-32(36)38-35)33-24(3)10-8-11-25(33)4/h5-15,19-20,23,30-31,42H,16-18,21-22H2,1-4H3,(H,37,38,39). The average Bonchev–Trinajstić information content (AvgIpc) is 3.13. The highest BCUT2D eigenvalue weighted by Gasteiger charge is 2.35. The summed E-state index contributed by atoms with van der Waals surface area (Å²) in [6, 6.07) is 25.5. The Kier molecular flexibility index (Phi) is 10.6. The lowest BCUT2D eigenvalue weighted by atomic mass is 9.97. The molecule has 2 unspecified atom stereocenters. The van der Waals surface area contributed by atoms with Crippen LogP contribution in [0.25, 0.3) is 11.3 Å². The molecular weight excluding hydrogens is 590 g/mol. The molecule has 44 heavy (non-hydrogen) atoms. The fraction of sp³-hybridized carbons (Fsp3) is 0.343. The van der Waals surface area contributed by atoms with Gasteiger partial charge in [-0.2, -0.15) is 0 Å².